The van der Waals surface area contributed by atoms with Crippen molar-refractivity contribution in [2.75, 3.05) is 14.2 Å². The van der Waals surface area contributed by atoms with E-state index < -0.39 is 16.1 Å². The third-order valence-corrected chi connectivity index (χ3v) is 6.99. The molecule has 3 rings (SSSR count). The van der Waals surface area contributed by atoms with Crippen LogP contribution in [0.5, 0.6) is 17.2 Å². The Labute approximate surface area is 196 Å². The molecule has 0 saturated carbocycles. The summed E-state index contributed by atoms with van der Waals surface area (Å²) in [7, 11) is -0.969. The summed E-state index contributed by atoms with van der Waals surface area (Å²) in [5.41, 5.74) is 2.97. The number of nitrogens with one attached hydrogen (secondary N) is 1. The van der Waals surface area contributed by atoms with Crippen molar-refractivity contribution in [2.45, 2.75) is 44.0 Å². The van der Waals surface area contributed by atoms with Crippen molar-refractivity contribution in [2.24, 2.45) is 0 Å². The van der Waals surface area contributed by atoms with E-state index >= 15 is 0 Å². The van der Waals surface area contributed by atoms with Gasteiger partial charge < -0.3 is 14.6 Å². The van der Waals surface area contributed by atoms with Gasteiger partial charge in [0, 0.05) is 12.1 Å². The van der Waals surface area contributed by atoms with Crippen LogP contribution >= 0.6 is 0 Å². The molecule has 0 amide bonds. The van der Waals surface area contributed by atoms with Crippen LogP contribution in [0.4, 0.5) is 0 Å². The minimum absolute atomic E-state index is 0.0601. The van der Waals surface area contributed by atoms with Gasteiger partial charge in [0.15, 0.2) is 0 Å². The lowest BCUT2D eigenvalue weighted by molar-refractivity contribution is 0.376. The van der Waals surface area contributed by atoms with E-state index in [1.165, 1.54) is 20.3 Å². The summed E-state index contributed by atoms with van der Waals surface area (Å²) in [4.78, 5) is 0.136. The number of aryl methyl sites for hydroxylation is 1. The van der Waals surface area contributed by atoms with Crippen LogP contribution in [-0.4, -0.2) is 27.7 Å². The monoisotopic (exact) mass is 469 g/mol. The highest BCUT2D eigenvalue weighted by atomic mass is 32.2. The van der Waals surface area contributed by atoms with Gasteiger partial charge in [0.2, 0.25) is 10.0 Å². The molecule has 1 unspecified atom stereocenters. The molecule has 0 spiro atoms. The average molecular weight is 470 g/mol. The van der Waals surface area contributed by atoms with Gasteiger partial charge in [-0.25, -0.2) is 8.42 Å². The summed E-state index contributed by atoms with van der Waals surface area (Å²) in [5.74, 6) is 0.572. The van der Waals surface area contributed by atoms with Gasteiger partial charge in [0.05, 0.1) is 30.7 Å². The lowest BCUT2D eigenvalue weighted by Crippen LogP contribution is -2.30. The van der Waals surface area contributed by atoms with Crippen molar-refractivity contribution in [3.8, 4) is 17.2 Å². The summed E-state index contributed by atoms with van der Waals surface area (Å²) in [6, 6.07) is 16.4. The van der Waals surface area contributed by atoms with Crippen LogP contribution < -0.4 is 14.2 Å². The molecule has 7 heteroatoms. The number of aromatic hydroxyl groups is 1. The zero-order valence-corrected chi connectivity index (χ0v) is 20.7. The minimum atomic E-state index is -3.92. The molecule has 3 aromatic rings. The van der Waals surface area contributed by atoms with Crippen molar-refractivity contribution in [3.63, 3.8) is 0 Å². The zero-order valence-electron chi connectivity index (χ0n) is 19.8. The van der Waals surface area contributed by atoms with Gasteiger partial charge in [0.25, 0.3) is 0 Å². The Kier molecular flexibility index (Phi) is 7.05. The molecule has 0 saturated heterocycles. The smallest absolute Gasteiger partial charge is 0.241 e. The molecule has 0 radical (unpaired) electrons. The Morgan fingerprint density at radius 1 is 0.909 bits per heavy atom. The highest BCUT2D eigenvalue weighted by Crippen LogP contribution is 2.41. The quantitative estimate of drug-likeness (QED) is 0.504. The summed E-state index contributed by atoms with van der Waals surface area (Å²) >= 11 is 0. The molecule has 33 heavy (non-hydrogen) atoms. The SMILES string of the molecule is COc1cc(O)c(C(NS(=O)(=O)c2ccc(C)cc2)c2ccc(C(C)(C)C)cc2)c(OC)c1. The summed E-state index contributed by atoms with van der Waals surface area (Å²) in [6.07, 6.45) is 0. The molecule has 0 aliphatic carbocycles. The molecule has 3 aromatic carbocycles. The van der Waals surface area contributed by atoms with Gasteiger partial charge in [0.1, 0.15) is 17.2 Å². The summed E-state index contributed by atoms with van der Waals surface area (Å²) in [6.45, 7) is 8.22. The van der Waals surface area contributed by atoms with Crippen molar-refractivity contribution < 1.29 is 23.0 Å². The molecule has 0 aromatic heterocycles. The molecule has 6 nitrogen and oxygen atoms in total. The number of phenolic OH excluding ortho intramolecular Hbond substituents is 1. The Hall–Kier alpha value is -3.03. The average Bonchev–Trinajstić information content (AvgIpc) is 2.77. The van der Waals surface area contributed by atoms with E-state index in [0.717, 1.165) is 11.1 Å². The zero-order chi connectivity index (χ0) is 24.4. The molecule has 1 atom stereocenters. The number of rotatable bonds is 7. The van der Waals surface area contributed by atoms with Gasteiger partial charge in [-0.3, -0.25) is 0 Å². The van der Waals surface area contributed by atoms with E-state index in [-0.39, 0.29) is 16.1 Å². The third-order valence-electron chi connectivity index (χ3n) is 5.55. The molecule has 0 fully saturated rings. The van der Waals surface area contributed by atoms with Crippen molar-refractivity contribution in [1.29, 1.82) is 0 Å². The van der Waals surface area contributed by atoms with Crippen molar-refractivity contribution in [1.82, 2.24) is 4.72 Å². The maximum Gasteiger partial charge on any atom is 0.241 e. The Morgan fingerprint density at radius 2 is 1.52 bits per heavy atom. The first kappa shape index (κ1) is 24.6. The molecular formula is C26H31NO5S. The normalized spacial score (nSPS) is 12.9. The standard InChI is InChI=1S/C26H31NO5S/c1-17-7-13-21(14-8-17)33(29,30)27-25(18-9-11-19(12-10-18)26(2,3)4)24-22(28)15-20(31-5)16-23(24)32-6/h7-16,25,27-28H,1-6H3. The number of ether oxygens (including phenoxy) is 2. The first-order chi connectivity index (χ1) is 15.5. The molecule has 0 heterocycles. The fourth-order valence-corrected chi connectivity index (χ4v) is 4.77. The van der Waals surface area contributed by atoms with Crippen LogP contribution in [0.15, 0.2) is 65.6 Å². The van der Waals surface area contributed by atoms with Gasteiger partial charge >= 0.3 is 0 Å². The number of hydrogen-bond acceptors (Lipinski definition) is 5. The number of hydrogen-bond donors (Lipinski definition) is 2. The fraction of sp³-hybridized carbons (Fsp3) is 0.308. The maximum absolute atomic E-state index is 13.3. The lowest BCUT2D eigenvalue weighted by Gasteiger charge is -2.25. The molecule has 176 valence electrons. The van der Waals surface area contributed by atoms with Crippen LogP contribution in [0.2, 0.25) is 0 Å². The van der Waals surface area contributed by atoms with E-state index in [2.05, 4.69) is 25.5 Å². The topological polar surface area (TPSA) is 84.9 Å². The highest BCUT2D eigenvalue weighted by Gasteiger charge is 2.29. The Morgan fingerprint density at radius 3 is 2.03 bits per heavy atom. The molecular weight excluding hydrogens is 438 g/mol. The molecule has 0 bridgehead atoms. The van der Waals surface area contributed by atoms with Gasteiger partial charge in [-0.15, -0.1) is 0 Å². The fourth-order valence-electron chi connectivity index (χ4n) is 3.57. The molecule has 2 N–H and O–H groups in total. The second-order valence-electron chi connectivity index (χ2n) is 9.00. The third kappa shape index (κ3) is 5.49. The Bertz CT molecular complexity index is 1210. The van der Waals surface area contributed by atoms with E-state index in [9.17, 15) is 13.5 Å². The minimum Gasteiger partial charge on any atom is -0.507 e. The maximum atomic E-state index is 13.3. The number of benzene rings is 3. The van der Waals surface area contributed by atoms with Gasteiger partial charge in [-0.05, 0) is 35.6 Å². The van der Waals surface area contributed by atoms with E-state index in [1.54, 1.807) is 30.3 Å². The van der Waals surface area contributed by atoms with Crippen molar-refractivity contribution in [3.05, 3.63) is 82.9 Å². The van der Waals surface area contributed by atoms with Crippen LogP contribution in [-0.2, 0) is 15.4 Å². The van der Waals surface area contributed by atoms with Gasteiger partial charge in [-0.1, -0.05) is 62.7 Å². The van der Waals surface area contributed by atoms with Gasteiger partial charge in [-0.2, -0.15) is 4.72 Å². The molecule has 0 aliphatic rings. The number of sulfonamides is 1. The Balaban J connectivity index is 2.16. The van der Waals surface area contributed by atoms with E-state index in [1.807, 2.05) is 31.2 Å². The predicted molar refractivity (Wildman–Crippen MR) is 130 cm³/mol. The largest absolute Gasteiger partial charge is 0.507 e. The highest BCUT2D eigenvalue weighted by molar-refractivity contribution is 7.89. The van der Waals surface area contributed by atoms with E-state index in [0.29, 0.717) is 22.6 Å². The number of phenols is 1. The van der Waals surface area contributed by atoms with Crippen LogP contribution in [0.3, 0.4) is 0 Å². The van der Waals surface area contributed by atoms with Crippen LogP contribution in [0.25, 0.3) is 0 Å². The number of methoxy groups -OCH3 is 2. The second kappa shape index (κ2) is 9.45. The predicted octanol–water partition coefficient (Wildman–Crippen LogP) is 5.08. The first-order valence-electron chi connectivity index (χ1n) is 10.6. The lowest BCUT2D eigenvalue weighted by atomic mass is 9.85. The first-order valence-corrected chi connectivity index (χ1v) is 12.1. The summed E-state index contributed by atoms with van der Waals surface area (Å²) < 4.78 is 40.1. The van der Waals surface area contributed by atoms with E-state index in [4.69, 9.17) is 9.47 Å². The summed E-state index contributed by atoms with van der Waals surface area (Å²) in [5, 5.41) is 10.9. The molecule has 0 aliphatic heterocycles. The van der Waals surface area contributed by atoms with Crippen LogP contribution in [0, 0.1) is 6.92 Å². The second-order valence-corrected chi connectivity index (χ2v) is 10.7. The van der Waals surface area contributed by atoms with Crippen molar-refractivity contribution >= 4 is 10.0 Å². The van der Waals surface area contributed by atoms with Crippen LogP contribution in [0.1, 0.15) is 49.1 Å².